The van der Waals surface area contributed by atoms with Crippen molar-refractivity contribution in [2.75, 3.05) is 38.3 Å². The van der Waals surface area contributed by atoms with Gasteiger partial charge in [-0.05, 0) is 27.1 Å². The van der Waals surface area contributed by atoms with Gasteiger partial charge in [-0.2, -0.15) is 10.2 Å². The van der Waals surface area contributed by atoms with E-state index in [4.69, 9.17) is 4.74 Å². The first-order valence-electron chi connectivity index (χ1n) is 7.51. The van der Waals surface area contributed by atoms with Gasteiger partial charge in [0, 0.05) is 31.5 Å². The van der Waals surface area contributed by atoms with Gasteiger partial charge in [0.2, 0.25) is 5.69 Å². The lowest BCUT2D eigenvalue weighted by atomic mass is 10.3. The Morgan fingerprint density at radius 2 is 2.12 bits per heavy atom. The minimum Gasteiger partial charge on any atom is -0.471 e. The van der Waals surface area contributed by atoms with Crippen LogP contribution in [0.5, 0.6) is 5.88 Å². The van der Waals surface area contributed by atoms with Crippen molar-refractivity contribution in [1.82, 2.24) is 19.9 Å². The second-order valence-corrected chi connectivity index (χ2v) is 5.52. The zero-order chi connectivity index (χ0) is 17.5. The van der Waals surface area contributed by atoms with Gasteiger partial charge in [0.1, 0.15) is 18.0 Å². The summed E-state index contributed by atoms with van der Waals surface area (Å²) >= 11 is 0. The van der Waals surface area contributed by atoms with E-state index in [1.165, 1.54) is 6.20 Å². The van der Waals surface area contributed by atoms with Gasteiger partial charge in [0.15, 0.2) is 5.82 Å². The molecule has 24 heavy (non-hydrogen) atoms. The van der Waals surface area contributed by atoms with Crippen molar-refractivity contribution in [2.45, 2.75) is 13.0 Å². The second-order valence-electron chi connectivity index (χ2n) is 5.52. The monoisotopic (exact) mass is 327 g/mol. The summed E-state index contributed by atoms with van der Waals surface area (Å²) in [6.07, 6.45) is 3.04. The minimum absolute atomic E-state index is 0.123. The summed E-state index contributed by atoms with van der Waals surface area (Å²) in [5.41, 5.74) is 1.08. The van der Waals surface area contributed by atoms with E-state index in [2.05, 4.69) is 25.6 Å². The average Bonchev–Trinajstić information content (AvgIpc) is 2.54. The first-order chi connectivity index (χ1) is 11.5. The fraction of sp³-hybridized carbons (Fsp3) is 0.375. The summed E-state index contributed by atoms with van der Waals surface area (Å²) in [5, 5.41) is 15.3. The van der Waals surface area contributed by atoms with Gasteiger partial charge >= 0.3 is 0 Å². The van der Waals surface area contributed by atoms with E-state index in [0.717, 1.165) is 5.69 Å². The molecule has 8 heteroatoms. The first kappa shape index (κ1) is 17.4. The molecule has 0 fully saturated rings. The van der Waals surface area contributed by atoms with Crippen LogP contribution in [0, 0.1) is 11.3 Å². The molecule has 2 aromatic heterocycles. The molecule has 0 amide bonds. The zero-order valence-electron chi connectivity index (χ0n) is 14.2. The van der Waals surface area contributed by atoms with Gasteiger partial charge in [0.05, 0.1) is 6.20 Å². The predicted octanol–water partition coefficient (Wildman–Crippen LogP) is 1.86. The number of pyridine rings is 1. The van der Waals surface area contributed by atoms with Crippen molar-refractivity contribution in [3.8, 4) is 11.9 Å². The summed E-state index contributed by atoms with van der Waals surface area (Å²) in [4.78, 5) is 14.7. The molecular weight excluding hydrogens is 306 g/mol. The number of likely N-dealkylation sites (N-methyl/N-ethyl adjacent to an activating group) is 1. The van der Waals surface area contributed by atoms with Crippen LogP contribution < -0.4 is 15.4 Å². The van der Waals surface area contributed by atoms with Gasteiger partial charge in [-0.1, -0.05) is 0 Å². The van der Waals surface area contributed by atoms with Crippen LogP contribution in [0.4, 0.5) is 17.3 Å². The minimum atomic E-state index is -0.123. The van der Waals surface area contributed by atoms with Gasteiger partial charge in [-0.3, -0.25) is 0 Å². The first-order valence-corrected chi connectivity index (χ1v) is 7.51. The van der Waals surface area contributed by atoms with Crippen molar-refractivity contribution in [3.05, 3.63) is 30.2 Å². The third-order valence-electron chi connectivity index (χ3n) is 3.09. The SMILES string of the molecule is CNc1ccnc(Nc2cnc(C#N)c(O[C@H](C)CN(C)C)n2)c1. The van der Waals surface area contributed by atoms with Crippen LogP contribution >= 0.6 is 0 Å². The number of nitrogens with zero attached hydrogens (tertiary/aromatic N) is 5. The van der Waals surface area contributed by atoms with Crippen molar-refractivity contribution in [2.24, 2.45) is 0 Å². The molecule has 0 aliphatic rings. The molecule has 2 rings (SSSR count). The van der Waals surface area contributed by atoms with Crippen LogP contribution in [0.1, 0.15) is 12.6 Å². The Bertz CT molecular complexity index is 727. The Hall–Kier alpha value is -2.92. The number of ether oxygens (including phenoxy) is 1. The molecule has 0 bridgehead atoms. The number of nitrogens with one attached hydrogen (secondary N) is 2. The Morgan fingerprint density at radius 1 is 1.33 bits per heavy atom. The van der Waals surface area contributed by atoms with E-state index < -0.39 is 0 Å². The number of hydrogen-bond donors (Lipinski definition) is 2. The van der Waals surface area contributed by atoms with Gasteiger partial charge < -0.3 is 20.3 Å². The normalized spacial score (nSPS) is 11.7. The van der Waals surface area contributed by atoms with E-state index in [1.54, 1.807) is 6.20 Å². The van der Waals surface area contributed by atoms with Gasteiger partial charge in [-0.15, -0.1) is 0 Å². The molecule has 1 atom stereocenters. The maximum absolute atomic E-state index is 9.18. The Kier molecular flexibility index (Phi) is 5.87. The summed E-state index contributed by atoms with van der Waals surface area (Å²) in [6.45, 7) is 2.62. The maximum atomic E-state index is 9.18. The molecule has 126 valence electrons. The molecule has 0 aliphatic carbocycles. The molecular formula is C16H21N7O. The largest absolute Gasteiger partial charge is 0.471 e. The fourth-order valence-electron chi connectivity index (χ4n) is 2.12. The lowest BCUT2D eigenvalue weighted by Crippen LogP contribution is -2.28. The number of aromatic nitrogens is 3. The highest BCUT2D eigenvalue weighted by molar-refractivity contribution is 5.58. The van der Waals surface area contributed by atoms with Crippen molar-refractivity contribution < 1.29 is 4.74 Å². The van der Waals surface area contributed by atoms with Crippen LogP contribution in [0.2, 0.25) is 0 Å². The standard InChI is InChI=1S/C16H21N7O/c1-11(10-23(3)4)24-16-13(8-17)20-9-15(22-16)21-14-7-12(18-2)5-6-19-14/h5-7,9,11H,10H2,1-4H3,(H2,18,19,21,22)/t11-/m1/s1. The lowest BCUT2D eigenvalue weighted by molar-refractivity contribution is 0.169. The maximum Gasteiger partial charge on any atom is 0.253 e. The highest BCUT2D eigenvalue weighted by Gasteiger charge is 2.13. The van der Waals surface area contributed by atoms with Crippen LogP contribution in [0.25, 0.3) is 0 Å². The van der Waals surface area contributed by atoms with Crippen molar-refractivity contribution in [3.63, 3.8) is 0 Å². The summed E-state index contributed by atoms with van der Waals surface area (Å²) in [7, 11) is 5.74. The van der Waals surface area contributed by atoms with E-state index in [-0.39, 0.29) is 17.7 Å². The number of rotatable bonds is 7. The topological polar surface area (TPSA) is 99.0 Å². The highest BCUT2D eigenvalue weighted by Crippen LogP contribution is 2.20. The van der Waals surface area contributed by atoms with E-state index in [9.17, 15) is 5.26 Å². The van der Waals surface area contributed by atoms with Gasteiger partial charge in [-0.25, -0.2) is 9.97 Å². The summed E-state index contributed by atoms with van der Waals surface area (Å²) in [5.74, 6) is 1.29. The molecule has 0 unspecified atom stereocenters. The Balaban J connectivity index is 2.19. The predicted molar refractivity (Wildman–Crippen MR) is 92.5 cm³/mol. The van der Waals surface area contributed by atoms with Crippen LogP contribution in [-0.4, -0.2) is 53.6 Å². The molecule has 0 saturated carbocycles. The van der Waals surface area contributed by atoms with E-state index in [1.807, 2.05) is 51.2 Å². The van der Waals surface area contributed by atoms with Crippen LogP contribution in [0.3, 0.4) is 0 Å². The van der Waals surface area contributed by atoms with Crippen molar-refractivity contribution >= 4 is 17.3 Å². The van der Waals surface area contributed by atoms with E-state index >= 15 is 0 Å². The molecule has 0 aliphatic heterocycles. The quantitative estimate of drug-likeness (QED) is 0.795. The Morgan fingerprint density at radius 3 is 2.79 bits per heavy atom. The fourth-order valence-corrected chi connectivity index (χ4v) is 2.12. The molecule has 0 spiro atoms. The molecule has 2 heterocycles. The molecule has 2 aromatic rings. The van der Waals surface area contributed by atoms with Crippen LogP contribution in [-0.2, 0) is 0 Å². The molecule has 8 nitrogen and oxygen atoms in total. The third-order valence-corrected chi connectivity index (χ3v) is 3.09. The smallest absolute Gasteiger partial charge is 0.253 e. The summed E-state index contributed by atoms with van der Waals surface area (Å²) in [6, 6.07) is 5.69. The summed E-state index contributed by atoms with van der Waals surface area (Å²) < 4.78 is 5.76. The molecule has 0 saturated heterocycles. The molecule has 2 N–H and O–H groups in total. The molecule has 0 radical (unpaired) electrons. The van der Waals surface area contributed by atoms with Gasteiger partial charge in [0.25, 0.3) is 5.88 Å². The number of anilines is 3. The van der Waals surface area contributed by atoms with Crippen LogP contribution in [0.15, 0.2) is 24.5 Å². The third kappa shape index (κ3) is 4.79. The van der Waals surface area contributed by atoms with Crippen molar-refractivity contribution in [1.29, 1.82) is 5.26 Å². The second kappa shape index (κ2) is 8.08. The zero-order valence-corrected chi connectivity index (χ0v) is 14.2. The highest BCUT2D eigenvalue weighted by atomic mass is 16.5. The lowest BCUT2D eigenvalue weighted by Gasteiger charge is -2.18. The number of nitriles is 1. The molecule has 0 aromatic carbocycles. The Labute approximate surface area is 141 Å². The van der Waals surface area contributed by atoms with E-state index in [0.29, 0.717) is 18.2 Å². The number of hydrogen-bond acceptors (Lipinski definition) is 8. The average molecular weight is 327 g/mol.